The molecule has 0 atom stereocenters. The Kier molecular flexibility index (Phi) is 1.60. The van der Waals surface area contributed by atoms with Crippen LogP contribution in [-0.2, 0) is 0 Å². The van der Waals surface area contributed by atoms with Gasteiger partial charge in [0.15, 0.2) is 0 Å². The average Bonchev–Trinajstić information content (AvgIpc) is 2.44. The van der Waals surface area contributed by atoms with Gasteiger partial charge in [-0.05, 0) is 18.2 Å². The van der Waals surface area contributed by atoms with Crippen LogP contribution in [0.15, 0.2) is 18.2 Å². The minimum atomic E-state index is -1.11. The maximum absolute atomic E-state index is 10.7. The van der Waals surface area contributed by atoms with Crippen LogP contribution in [0, 0.1) is 0 Å². The normalized spacial score (nSPS) is 10.6. The Balaban J connectivity index is 2.80. The van der Waals surface area contributed by atoms with Gasteiger partial charge in [-0.15, -0.1) is 0 Å². The van der Waals surface area contributed by atoms with Gasteiger partial charge in [-0.1, -0.05) is 0 Å². The third-order valence-corrected chi connectivity index (χ3v) is 2.04. The number of benzene rings is 1. The molecule has 1 aromatic carbocycles. The van der Waals surface area contributed by atoms with Crippen LogP contribution in [0.3, 0.4) is 0 Å². The number of aromatic carboxylic acids is 1. The molecule has 0 unspecified atom stereocenters. The molecule has 0 saturated heterocycles. The van der Waals surface area contributed by atoms with Gasteiger partial charge in [0.2, 0.25) is 0 Å². The van der Waals surface area contributed by atoms with Crippen LogP contribution in [0.4, 0.5) is 5.69 Å². The van der Waals surface area contributed by atoms with Crippen molar-refractivity contribution in [3.63, 3.8) is 0 Å². The van der Waals surface area contributed by atoms with Gasteiger partial charge < -0.3 is 20.9 Å². The van der Waals surface area contributed by atoms with Crippen molar-refractivity contribution in [3.05, 3.63) is 23.9 Å². The highest BCUT2D eigenvalue weighted by molar-refractivity contribution is 6.04. The summed E-state index contributed by atoms with van der Waals surface area (Å²) in [6.07, 6.45) is 0. The van der Waals surface area contributed by atoms with Gasteiger partial charge in [0, 0.05) is 10.9 Å². The van der Waals surface area contributed by atoms with Crippen LogP contribution in [0.25, 0.3) is 10.9 Å². The molecule has 1 heterocycles. The first-order valence-electron chi connectivity index (χ1n) is 3.93. The van der Waals surface area contributed by atoms with Crippen molar-refractivity contribution in [2.45, 2.75) is 0 Å². The van der Waals surface area contributed by atoms with E-state index >= 15 is 0 Å². The third kappa shape index (κ3) is 1.06. The number of carbonyl (C=O) groups is 1. The number of phenolic OH excluding ortho intramolecular Hbond substituents is 1. The lowest BCUT2D eigenvalue weighted by Crippen LogP contribution is -2.00. The molecule has 1 aromatic heterocycles. The van der Waals surface area contributed by atoms with E-state index in [4.69, 9.17) is 10.8 Å². The molecule has 0 fully saturated rings. The number of nitrogens with one attached hydrogen (secondary N) is 1. The predicted molar refractivity (Wildman–Crippen MR) is 51.3 cm³/mol. The summed E-state index contributed by atoms with van der Waals surface area (Å²) in [5.41, 5.74) is 6.27. The van der Waals surface area contributed by atoms with Gasteiger partial charge in [-0.25, -0.2) is 4.79 Å². The number of fused-ring (bicyclic) bond motifs is 1. The Morgan fingerprint density at radius 3 is 2.79 bits per heavy atom. The number of hydrogen-bond donors (Lipinski definition) is 4. The Bertz CT molecular complexity index is 516. The Morgan fingerprint density at radius 1 is 1.43 bits per heavy atom. The fourth-order valence-corrected chi connectivity index (χ4v) is 1.37. The van der Waals surface area contributed by atoms with Crippen molar-refractivity contribution in [2.24, 2.45) is 0 Å². The van der Waals surface area contributed by atoms with Gasteiger partial charge in [0.05, 0.1) is 5.69 Å². The first kappa shape index (κ1) is 8.43. The quantitative estimate of drug-likeness (QED) is 0.544. The summed E-state index contributed by atoms with van der Waals surface area (Å²) in [5.74, 6) is -1.06. The fourth-order valence-electron chi connectivity index (χ4n) is 1.37. The zero-order chi connectivity index (χ0) is 10.3. The van der Waals surface area contributed by atoms with Crippen LogP contribution in [0.5, 0.6) is 5.75 Å². The smallest absolute Gasteiger partial charge is 0.354 e. The van der Waals surface area contributed by atoms with Crippen LogP contribution >= 0.6 is 0 Å². The second-order valence-electron chi connectivity index (χ2n) is 2.95. The summed E-state index contributed by atoms with van der Waals surface area (Å²) in [5, 5.41) is 18.5. The molecular weight excluding hydrogens is 184 g/mol. The molecule has 0 bridgehead atoms. The number of rotatable bonds is 1. The molecule has 0 aliphatic rings. The van der Waals surface area contributed by atoms with Gasteiger partial charge in [0.25, 0.3) is 0 Å². The average molecular weight is 192 g/mol. The van der Waals surface area contributed by atoms with Crippen LogP contribution in [0.2, 0.25) is 0 Å². The summed E-state index contributed by atoms with van der Waals surface area (Å²) >= 11 is 0. The summed E-state index contributed by atoms with van der Waals surface area (Å²) in [4.78, 5) is 13.4. The minimum absolute atomic E-state index is 0.0504. The van der Waals surface area contributed by atoms with Gasteiger partial charge >= 0.3 is 5.97 Å². The highest BCUT2D eigenvalue weighted by Crippen LogP contribution is 2.27. The van der Waals surface area contributed by atoms with E-state index in [-0.39, 0.29) is 17.1 Å². The number of H-pyrrole nitrogens is 1. The molecule has 0 saturated carbocycles. The van der Waals surface area contributed by atoms with Gasteiger partial charge in [-0.2, -0.15) is 0 Å². The Hall–Kier alpha value is -2.17. The molecule has 5 heteroatoms. The molecule has 0 amide bonds. The minimum Gasteiger partial charge on any atom is -0.508 e. The molecule has 5 nitrogen and oxygen atoms in total. The number of aromatic amines is 1. The highest BCUT2D eigenvalue weighted by Gasteiger charge is 2.14. The van der Waals surface area contributed by atoms with Crippen molar-refractivity contribution in [1.29, 1.82) is 0 Å². The van der Waals surface area contributed by atoms with E-state index in [2.05, 4.69) is 4.98 Å². The zero-order valence-electron chi connectivity index (χ0n) is 7.11. The van der Waals surface area contributed by atoms with E-state index in [1.807, 2.05) is 0 Å². The predicted octanol–water partition coefficient (Wildman–Crippen LogP) is 1.15. The van der Waals surface area contributed by atoms with Crippen molar-refractivity contribution >= 4 is 22.6 Å². The molecule has 0 aliphatic heterocycles. The topological polar surface area (TPSA) is 99.3 Å². The first-order valence-corrected chi connectivity index (χ1v) is 3.93. The largest absolute Gasteiger partial charge is 0.508 e. The van der Waals surface area contributed by atoms with Crippen molar-refractivity contribution in [2.75, 3.05) is 5.73 Å². The lowest BCUT2D eigenvalue weighted by molar-refractivity contribution is 0.0692. The maximum Gasteiger partial charge on any atom is 0.354 e. The number of carboxylic acid groups (broad SMARTS) is 1. The van der Waals surface area contributed by atoms with E-state index < -0.39 is 5.97 Å². The van der Waals surface area contributed by atoms with Gasteiger partial charge in [0.1, 0.15) is 11.4 Å². The van der Waals surface area contributed by atoms with Crippen molar-refractivity contribution < 1.29 is 15.0 Å². The lowest BCUT2D eigenvalue weighted by atomic mass is 10.2. The van der Waals surface area contributed by atoms with E-state index in [1.54, 1.807) is 6.07 Å². The summed E-state index contributed by atoms with van der Waals surface area (Å²) in [6.45, 7) is 0. The number of aromatic nitrogens is 1. The molecule has 0 radical (unpaired) electrons. The van der Waals surface area contributed by atoms with Crippen molar-refractivity contribution in [1.82, 2.24) is 4.98 Å². The van der Waals surface area contributed by atoms with E-state index in [1.165, 1.54) is 12.1 Å². The number of phenols is 1. The standard InChI is InChI=1S/C9H8N2O3/c10-7-5-3-4(12)1-2-6(5)11-8(7)9(13)14/h1-3,11-12H,10H2,(H,13,14). The second kappa shape index (κ2) is 2.66. The summed E-state index contributed by atoms with van der Waals surface area (Å²) in [6, 6.07) is 4.46. The fraction of sp³-hybridized carbons (Fsp3) is 0. The Labute approximate surface area is 78.8 Å². The number of anilines is 1. The van der Waals surface area contributed by atoms with Gasteiger partial charge in [-0.3, -0.25) is 0 Å². The molecule has 14 heavy (non-hydrogen) atoms. The maximum atomic E-state index is 10.7. The number of hydrogen-bond acceptors (Lipinski definition) is 3. The summed E-state index contributed by atoms with van der Waals surface area (Å²) < 4.78 is 0. The van der Waals surface area contributed by atoms with Crippen LogP contribution in [-0.4, -0.2) is 21.2 Å². The number of nitrogen functional groups attached to an aromatic ring is 1. The molecular formula is C9H8N2O3. The van der Waals surface area contributed by atoms with Crippen LogP contribution < -0.4 is 5.73 Å². The first-order chi connectivity index (χ1) is 6.59. The molecule has 2 rings (SSSR count). The van der Waals surface area contributed by atoms with Crippen molar-refractivity contribution in [3.8, 4) is 5.75 Å². The molecule has 72 valence electrons. The molecule has 0 spiro atoms. The Morgan fingerprint density at radius 2 is 2.14 bits per heavy atom. The molecule has 5 N–H and O–H groups in total. The number of nitrogens with two attached hydrogens (primary N) is 1. The number of aromatic hydroxyl groups is 1. The second-order valence-corrected chi connectivity index (χ2v) is 2.95. The zero-order valence-corrected chi connectivity index (χ0v) is 7.11. The van der Waals surface area contributed by atoms with Crippen LogP contribution in [0.1, 0.15) is 10.5 Å². The van der Waals surface area contributed by atoms with E-state index in [0.29, 0.717) is 10.9 Å². The number of carboxylic acids is 1. The SMILES string of the molecule is Nc1c(C(=O)O)[nH]c2ccc(O)cc12. The lowest BCUT2D eigenvalue weighted by Gasteiger charge is -1.92. The van der Waals surface area contributed by atoms with E-state index in [0.717, 1.165) is 0 Å². The molecule has 0 aliphatic carbocycles. The molecule has 2 aromatic rings. The highest BCUT2D eigenvalue weighted by atomic mass is 16.4. The summed E-state index contributed by atoms with van der Waals surface area (Å²) in [7, 11) is 0. The third-order valence-electron chi connectivity index (χ3n) is 2.04. The van der Waals surface area contributed by atoms with E-state index in [9.17, 15) is 9.90 Å². The monoisotopic (exact) mass is 192 g/mol.